The van der Waals surface area contributed by atoms with Gasteiger partial charge in [-0.3, -0.25) is 23.2 Å². The summed E-state index contributed by atoms with van der Waals surface area (Å²) in [4.78, 5) is 27.2. The molecule has 0 aromatic carbocycles. The lowest BCUT2D eigenvalue weighted by molar-refractivity contribution is -0.389. The highest BCUT2D eigenvalue weighted by Gasteiger charge is 2.77. The van der Waals surface area contributed by atoms with Crippen molar-refractivity contribution in [3.05, 3.63) is 23.3 Å². The molecule has 3 unspecified atom stereocenters. The number of esters is 2. The summed E-state index contributed by atoms with van der Waals surface area (Å²) in [5.74, 6) is -1.12. The van der Waals surface area contributed by atoms with Crippen LogP contribution in [0.5, 0.6) is 0 Å². The van der Waals surface area contributed by atoms with Crippen molar-refractivity contribution in [2.24, 2.45) is 39.4 Å². The molecule has 5 saturated heterocycles. The minimum Gasteiger partial charge on any atom is -0.462 e. The van der Waals surface area contributed by atoms with Gasteiger partial charge in [0, 0.05) is 19.4 Å². The van der Waals surface area contributed by atoms with Gasteiger partial charge in [0.05, 0.1) is 43.4 Å². The third-order valence-corrected chi connectivity index (χ3v) is 21.9. The fourth-order valence-electron chi connectivity index (χ4n) is 16.4. The van der Waals surface area contributed by atoms with Gasteiger partial charge in [-0.25, -0.2) is 12.5 Å². The van der Waals surface area contributed by atoms with Crippen molar-refractivity contribution < 1.29 is 149 Å². The van der Waals surface area contributed by atoms with Gasteiger partial charge < -0.3 is 87.9 Å². The Balaban J connectivity index is 0.922. The van der Waals surface area contributed by atoms with Crippen LogP contribution in [0.4, 0.5) is 0 Å². The lowest BCUT2D eigenvalue weighted by Gasteiger charge is -2.63. The molecule has 9 aliphatic rings. The van der Waals surface area contributed by atoms with Gasteiger partial charge in [0.2, 0.25) is 0 Å². The van der Waals surface area contributed by atoms with Gasteiger partial charge in [-0.05, 0) is 94.8 Å². The summed E-state index contributed by atoms with van der Waals surface area (Å²) in [5, 5.41) is 80.3. The number of fused-ring (bicyclic) bond motifs is 4. The van der Waals surface area contributed by atoms with Crippen LogP contribution in [-0.4, -0.2) is 249 Å². The van der Waals surface area contributed by atoms with E-state index in [1.807, 2.05) is 27.7 Å². The van der Waals surface area contributed by atoms with E-state index in [-0.39, 0.29) is 29.1 Å². The molecule has 0 aromatic heterocycles. The van der Waals surface area contributed by atoms with Crippen molar-refractivity contribution in [3.8, 4) is 0 Å². The molecular formula is C55H86O32S3. The van der Waals surface area contributed by atoms with E-state index in [2.05, 4.69) is 34.4 Å². The van der Waals surface area contributed by atoms with Crippen molar-refractivity contribution in [2.75, 3.05) is 26.9 Å². The molecule has 5 heterocycles. The smallest absolute Gasteiger partial charge is 0.397 e. The lowest BCUT2D eigenvalue weighted by Crippen LogP contribution is -2.67. The van der Waals surface area contributed by atoms with Crippen LogP contribution in [0.25, 0.3) is 0 Å². The van der Waals surface area contributed by atoms with Gasteiger partial charge in [-0.1, -0.05) is 51.0 Å². The first-order valence-corrected chi connectivity index (χ1v) is 34.0. The molecule has 28 atom stereocenters. The van der Waals surface area contributed by atoms with Crippen LogP contribution in [0.1, 0.15) is 107 Å². The highest BCUT2D eigenvalue weighted by Crippen LogP contribution is 2.75. The summed E-state index contributed by atoms with van der Waals surface area (Å²) >= 11 is 0. The van der Waals surface area contributed by atoms with Crippen molar-refractivity contribution >= 4 is 43.1 Å². The van der Waals surface area contributed by atoms with E-state index in [4.69, 9.17) is 60.8 Å². The van der Waals surface area contributed by atoms with Crippen LogP contribution < -0.4 is 0 Å². The second-order valence-corrected chi connectivity index (χ2v) is 29.7. The predicted octanol–water partition coefficient (Wildman–Crippen LogP) is -0.755. The molecule has 90 heavy (non-hydrogen) atoms. The number of carbonyl (C=O) groups is 2. The Hall–Kier alpha value is -2.61. The van der Waals surface area contributed by atoms with Crippen LogP contribution in [0.2, 0.25) is 0 Å². The van der Waals surface area contributed by atoms with Crippen molar-refractivity contribution in [1.82, 2.24) is 0 Å². The Bertz CT molecular complexity index is 3000. The number of rotatable bonds is 21. The third-order valence-electron chi connectivity index (χ3n) is 20.5. The topological polar surface area (TPSA) is 468 Å². The van der Waals surface area contributed by atoms with E-state index >= 15 is 0 Å². The average Bonchev–Trinajstić information content (AvgIpc) is 1.45. The normalized spacial score (nSPS) is 46.1. The van der Waals surface area contributed by atoms with E-state index in [9.17, 15) is 79.7 Å². The van der Waals surface area contributed by atoms with Gasteiger partial charge in [0.15, 0.2) is 25.2 Å². The molecule has 0 radical (unpaired) electrons. The first-order chi connectivity index (χ1) is 41.8. The van der Waals surface area contributed by atoms with Gasteiger partial charge in [0.1, 0.15) is 97.7 Å². The maximum absolute atomic E-state index is 14.5. The van der Waals surface area contributed by atoms with Crippen molar-refractivity contribution in [1.29, 1.82) is 0 Å². The molecule has 4 aliphatic carbocycles. The number of ether oxygens (including phenoxy) is 11. The summed E-state index contributed by atoms with van der Waals surface area (Å²) in [6.07, 6.45) is -29.6. The van der Waals surface area contributed by atoms with E-state index < -0.39 is 208 Å². The van der Waals surface area contributed by atoms with Crippen LogP contribution >= 0.6 is 0 Å². The number of aliphatic hydroxyl groups excluding tert-OH is 7. The van der Waals surface area contributed by atoms with E-state index in [1.54, 1.807) is 0 Å². The van der Waals surface area contributed by atoms with Crippen LogP contribution in [0.3, 0.4) is 0 Å². The Morgan fingerprint density at radius 2 is 1.24 bits per heavy atom. The number of methoxy groups -OCH3 is 1. The second-order valence-electron chi connectivity index (χ2n) is 26.4. The highest BCUT2D eigenvalue weighted by atomic mass is 32.3. The molecule has 5 aliphatic heterocycles. The molecule has 10 N–H and O–H groups in total. The largest absolute Gasteiger partial charge is 0.462 e. The molecule has 0 amide bonds. The fraction of sp³-hybridized carbons (Fsp3) is 0.891. The summed E-state index contributed by atoms with van der Waals surface area (Å²) in [7, 11) is -14.6. The first kappa shape index (κ1) is 71.7. The van der Waals surface area contributed by atoms with Gasteiger partial charge in [0.25, 0.3) is 0 Å². The maximum Gasteiger partial charge on any atom is 0.397 e. The van der Waals surface area contributed by atoms with Crippen LogP contribution in [-0.2, 0) is 105 Å². The Morgan fingerprint density at radius 3 is 1.82 bits per heavy atom. The fourth-order valence-corrected chi connectivity index (χ4v) is 17.5. The maximum atomic E-state index is 14.5. The molecule has 0 aromatic rings. The summed E-state index contributed by atoms with van der Waals surface area (Å²) in [5.41, 5.74) is -0.411. The molecule has 1 spiro atoms. The van der Waals surface area contributed by atoms with E-state index in [0.717, 1.165) is 18.3 Å². The monoisotopic (exact) mass is 1350 g/mol. The van der Waals surface area contributed by atoms with Crippen LogP contribution in [0, 0.1) is 39.4 Å². The number of aliphatic hydroxyl groups is 7. The number of hydrogen-bond acceptors (Lipinski definition) is 29. The van der Waals surface area contributed by atoms with E-state index in [1.165, 1.54) is 13.8 Å². The zero-order valence-corrected chi connectivity index (χ0v) is 53.5. The Kier molecular flexibility index (Phi) is 21.3. The zero-order chi connectivity index (χ0) is 66.3. The quantitative estimate of drug-likeness (QED) is 0.0384. The minimum absolute atomic E-state index is 0.00603. The zero-order valence-electron chi connectivity index (χ0n) is 51.0. The van der Waals surface area contributed by atoms with Gasteiger partial charge >= 0.3 is 43.1 Å². The average molecular weight is 1360 g/mol. The molecule has 0 bridgehead atoms. The summed E-state index contributed by atoms with van der Waals surface area (Å²) in [6.45, 7) is 12.1. The van der Waals surface area contributed by atoms with Crippen molar-refractivity contribution in [2.45, 2.75) is 242 Å². The molecular weight excluding hydrogens is 1270 g/mol. The minimum atomic E-state index is -5.25. The molecule has 516 valence electrons. The van der Waals surface area contributed by atoms with Crippen LogP contribution in [0.15, 0.2) is 23.3 Å². The third kappa shape index (κ3) is 14.0. The highest BCUT2D eigenvalue weighted by molar-refractivity contribution is 7.81. The number of cyclic esters (lactones) is 1. The second kappa shape index (κ2) is 26.8. The summed E-state index contributed by atoms with van der Waals surface area (Å²) in [6, 6.07) is 0. The standard InChI is InChI=1S/C55H86O32S3/c1-23(2)11-10-12-28-35-29(79-25(4)56)19-54(8)27-13-14-33-52(5,6)34(16-17-53(33,7)26(27)15-18-55(35,54)51(64)82-28)83-50-46(38(59)32(20-75-50)87-90(71,72)73)86-47-40(61)39(60)43(24(3)78-47)84-49-42(63)45(37(58)31(81-49)22-77-89(68,69)70)85-48-41(62)44(74-9)36(57)30(80-48)21-76-88(65,66)67/h11,13,24,26,28-50,57-63H,10,12,14-22H2,1-9H3,(H,65,66,67)(H,68,69,70)(H,71,72,73)/t24-,26+,28+,29?,30-,31-,32-,33+,34+,35?,36-,37-,38+,39-,40-,41-,42-,43-,44+,45+,46-,47+,48+,49+,50+,53-,54+,55?/m1/s1. The Labute approximate surface area is 521 Å². The Morgan fingerprint density at radius 1 is 0.667 bits per heavy atom. The van der Waals surface area contributed by atoms with Crippen molar-refractivity contribution in [3.63, 3.8) is 0 Å². The lowest BCUT2D eigenvalue weighted by atomic mass is 9.41. The van der Waals surface area contributed by atoms with Gasteiger partial charge in [-0.2, -0.15) is 25.3 Å². The molecule has 32 nitrogen and oxygen atoms in total. The molecule has 8 fully saturated rings. The first-order valence-electron chi connectivity index (χ1n) is 29.9. The molecule has 3 saturated carbocycles. The predicted molar refractivity (Wildman–Crippen MR) is 298 cm³/mol. The number of hydrogen-bond donors (Lipinski definition) is 10. The summed E-state index contributed by atoms with van der Waals surface area (Å²) < 4.78 is 177. The number of allylic oxidation sites excluding steroid dienone is 4. The molecule has 35 heteroatoms. The SMILES string of the molecule is CO[C@@H]1[C@@H](O)[C@H](O[C@@H]2[C@@H](O)[C@H](O[C@H]3[C@H](O)[C@@H](O)[C@H](O[C@H]4[C@H](O[C@H]5CC[C@]6(C)[C@H]7CCC89C(=O)O[C@@H](CCC=C(C)C)C8C(OC(C)=O)C[C@@]9(C)C7=CC[C@H]6C5(C)C)OC[C@@H](OS(=O)(=O)O)[C@@H]4O)O[C@@H]3C)O[C@H](COS(=O)(=O)O)[C@H]2O)O[C@H](COS(=O)(=O)O)[C@H]1O. The van der Waals surface area contributed by atoms with Gasteiger partial charge in [-0.15, -0.1) is 0 Å². The number of carbonyl (C=O) groups excluding carboxylic acids is 2. The van der Waals surface area contributed by atoms with E-state index in [0.29, 0.717) is 51.4 Å². The molecule has 9 rings (SSSR count).